The number of guanidine groups is 1. The molecule has 1 atom stereocenters. The van der Waals surface area contributed by atoms with Gasteiger partial charge in [0.2, 0.25) is 0 Å². The molecule has 29 heavy (non-hydrogen) atoms. The van der Waals surface area contributed by atoms with Crippen LogP contribution in [0.3, 0.4) is 0 Å². The third-order valence-corrected chi connectivity index (χ3v) is 5.67. The number of nitrogens with zero attached hydrogens (tertiary/aromatic N) is 3. The van der Waals surface area contributed by atoms with E-state index in [0.29, 0.717) is 31.3 Å². The van der Waals surface area contributed by atoms with Crippen molar-refractivity contribution in [2.45, 2.75) is 39.7 Å². The Balaban J connectivity index is 0.00000420. The summed E-state index contributed by atoms with van der Waals surface area (Å²) in [5.74, 6) is 0.933. The maximum atomic E-state index is 14.0. The first kappa shape index (κ1) is 25.9. The predicted octanol–water partition coefficient (Wildman–Crippen LogP) is 2.43. The number of aromatic nitrogens is 1. The van der Waals surface area contributed by atoms with Gasteiger partial charge < -0.3 is 15.5 Å². The second-order valence-electron chi connectivity index (χ2n) is 8.12. The smallest absolute Gasteiger partial charge is 0.191 e. The molecule has 0 amide bonds. The van der Waals surface area contributed by atoms with Gasteiger partial charge in [-0.05, 0) is 37.3 Å². The van der Waals surface area contributed by atoms with Crippen LogP contribution < -0.4 is 15.5 Å². The molecule has 1 aromatic heterocycles. The molecule has 1 unspecified atom stereocenters. The molecule has 1 saturated heterocycles. The van der Waals surface area contributed by atoms with E-state index in [2.05, 4.69) is 20.6 Å². The molecular weight excluding hydrogens is 508 g/mol. The summed E-state index contributed by atoms with van der Waals surface area (Å²) in [5, 5.41) is 6.64. The molecule has 10 heteroatoms. The Morgan fingerprint density at radius 2 is 2.17 bits per heavy atom. The summed E-state index contributed by atoms with van der Waals surface area (Å²) in [7, 11) is -2.98. The van der Waals surface area contributed by atoms with E-state index in [9.17, 15) is 12.8 Å². The van der Waals surface area contributed by atoms with Crippen molar-refractivity contribution in [3.8, 4) is 0 Å². The van der Waals surface area contributed by atoms with Crippen LogP contribution in [0.5, 0.6) is 0 Å². The van der Waals surface area contributed by atoms with Gasteiger partial charge in [-0.15, -0.1) is 24.0 Å². The van der Waals surface area contributed by atoms with Crippen molar-refractivity contribution in [1.82, 2.24) is 15.6 Å². The van der Waals surface area contributed by atoms with Gasteiger partial charge in [0.25, 0.3) is 0 Å². The van der Waals surface area contributed by atoms with E-state index in [-0.39, 0.29) is 47.0 Å². The molecule has 0 aliphatic carbocycles. The van der Waals surface area contributed by atoms with Gasteiger partial charge in [0.15, 0.2) is 17.6 Å². The first-order chi connectivity index (χ1) is 13.1. The Hall–Kier alpha value is -1.17. The molecule has 0 aromatic carbocycles. The van der Waals surface area contributed by atoms with Crippen LogP contribution in [-0.2, 0) is 9.84 Å². The molecule has 0 saturated carbocycles. The normalized spacial score (nSPS) is 17.8. The summed E-state index contributed by atoms with van der Waals surface area (Å²) in [6.45, 7) is 8.65. The van der Waals surface area contributed by atoms with Gasteiger partial charge in [0, 0.05) is 44.7 Å². The number of hydrogen-bond donors (Lipinski definition) is 2. The topological polar surface area (TPSA) is 86.7 Å². The molecule has 1 aliphatic rings. The fraction of sp³-hybridized carbons (Fsp3) is 0.684. The van der Waals surface area contributed by atoms with Gasteiger partial charge in [0.05, 0.1) is 5.75 Å². The lowest BCUT2D eigenvalue weighted by molar-refractivity contribution is 0.365. The molecule has 166 valence electrons. The van der Waals surface area contributed by atoms with Crippen LogP contribution in [0, 0.1) is 11.2 Å². The number of sulfone groups is 1. The predicted molar refractivity (Wildman–Crippen MR) is 127 cm³/mol. The SMILES string of the molecule is CCNC(=NCC(C)(C)CCS(C)(=O)=O)NC1CCN(c2ncccc2F)C1.I. The molecule has 7 nitrogen and oxygen atoms in total. The molecule has 1 fully saturated rings. The van der Waals surface area contributed by atoms with Crippen LogP contribution in [0.15, 0.2) is 23.3 Å². The fourth-order valence-corrected chi connectivity index (χ4v) is 3.95. The van der Waals surface area contributed by atoms with Crippen molar-refractivity contribution in [3.63, 3.8) is 0 Å². The van der Waals surface area contributed by atoms with E-state index >= 15 is 0 Å². The number of aliphatic imine (C=N–C) groups is 1. The minimum atomic E-state index is -2.98. The fourth-order valence-electron chi connectivity index (χ4n) is 3.03. The summed E-state index contributed by atoms with van der Waals surface area (Å²) in [4.78, 5) is 10.7. The lowest BCUT2D eigenvalue weighted by Crippen LogP contribution is -2.45. The highest BCUT2D eigenvalue weighted by Gasteiger charge is 2.26. The van der Waals surface area contributed by atoms with Gasteiger partial charge in [-0.3, -0.25) is 4.99 Å². The van der Waals surface area contributed by atoms with Crippen LogP contribution in [0.2, 0.25) is 0 Å². The average Bonchev–Trinajstić information content (AvgIpc) is 3.06. The third kappa shape index (κ3) is 9.02. The maximum absolute atomic E-state index is 14.0. The van der Waals surface area contributed by atoms with Gasteiger partial charge in [-0.25, -0.2) is 17.8 Å². The maximum Gasteiger partial charge on any atom is 0.191 e. The van der Waals surface area contributed by atoms with Crippen LogP contribution >= 0.6 is 24.0 Å². The van der Waals surface area contributed by atoms with Gasteiger partial charge in [0.1, 0.15) is 9.84 Å². The minimum Gasteiger partial charge on any atom is -0.357 e. The molecule has 2 N–H and O–H groups in total. The Labute approximate surface area is 190 Å². The number of pyridine rings is 1. The highest BCUT2D eigenvalue weighted by Crippen LogP contribution is 2.22. The summed E-state index contributed by atoms with van der Waals surface area (Å²) < 4.78 is 36.8. The van der Waals surface area contributed by atoms with Crippen LogP contribution in [0.1, 0.15) is 33.6 Å². The number of halogens is 2. The quantitative estimate of drug-likeness (QED) is 0.299. The van der Waals surface area contributed by atoms with Crippen LogP contribution in [0.25, 0.3) is 0 Å². The van der Waals surface area contributed by atoms with Crippen molar-refractivity contribution in [2.24, 2.45) is 10.4 Å². The van der Waals surface area contributed by atoms with E-state index in [1.807, 2.05) is 25.7 Å². The Bertz CT molecular complexity index is 789. The second-order valence-corrected chi connectivity index (χ2v) is 10.4. The van der Waals surface area contributed by atoms with Crippen molar-refractivity contribution >= 4 is 45.6 Å². The zero-order chi connectivity index (χ0) is 20.8. The van der Waals surface area contributed by atoms with Crippen molar-refractivity contribution < 1.29 is 12.8 Å². The van der Waals surface area contributed by atoms with Crippen LogP contribution in [0.4, 0.5) is 10.2 Å². The number of rotatable bonds is 8. The third-order valence-electron chi connectivity index (χ3n) is 4.73. The standard InChI is InChI=1S/C19H32FN5O2S.HI/c1-5-21-18(23-14-19(2,3)9-12-28(4,26)27)24-15-8-11-25(13-15)17-16(20)7-6-10-22-17;/h6-7,10,15H,5,8-9,11-14H2,1-4H3,(H2,21,23,24);1H. The average molecular weight is 541 g/mol. The number of hydrogen-bond acceptors (Lipinski definition) is 5. The Kier molecular flexibility index (Phi) is 10.1. The van der Waals surface area contributed by atoms with Crippen LogP contribution in [-0.4, -0.2) is 63.6 Å². The molecular formula is C19H33FIN5O2S. The zero-order valence-corrected chi connectivity index (χ0v) is 20.8. The minimum absolute atomic E-state index is 0. The molecule has 0 spiro atoms. The highest BCUT2D eigenvalue weighted by molar-refractivity contribution is 14.0. The zero-order valence-electron chi connectivity index (χ0n) is 17.6. The molecule has 0 radical (unpaired) electrons. The molecule has 2 rings (SSSR count). The molecule has 1 aromatic rings. The van der Waals surface area contributed by atoms with Crippen molar-refractivity contribution in [2.75, 3.05) is 43.1 Å². The lowest BCUT2D eigenvalue weighted by Gasteiger charge is -2.24. The van der Waals surface area contributed by atoms with Crippen molar-refractivity contribution in [3.05, 3.63) is 24.1 Å². The highest BCUT2D eigenvalue weighted by atomic mass is 127. The van der Waals surface area contributed by atoms with Gasteiger partial charge in [-0.2, -0.15) is 0 Å². The van der Waals surface area contributed by atoms with E-state index in [0.717, 1.165) is 19.5 Å². The first-order valence-electron chi connectivity index (χ1n) is 9.68. The summed E-state index contributed by atoms with van der Waals surface area (Å²) in [6.07, 6.45) is 4.28. The molecule has 0 bridgehead atoms. The summed E-state index contributed by atoms with van der Waals surface area (Å²) in [5.41, 5.74) is -0.218. The Morgan fingerprint density at radius 1 is 1.45 bits per heavy atom. The van der Waals surface area contributed by atoms with E-state index in [1.54, 1.807) is 12.3 Å². The summed E-state index contributed by atoms with van der Waals surface area (Å²) >= 11 is 0. The number of nitrogens with one attached hydrogen (secondary N) is 2. The largest absolute Gasteiger partial charge is 0.357 e. The lowest BCUT2D eigenvalue weighted by atomic mass is 9.90. The van der Waals surface area contributed by atoms with Gasteiger partial charge >= 0.3 is 0 Å². The molecule has 1 aliphatic heterocycles. The second kappa shape index (κ2) is 11.3. The first-order valence-corrected chi connectivity index (χ1v) is 11.7. The Morgan fingerprint density at radius 3 is 2.79 bits per heavy atom. The number of anilines is 1. The van der Waals surface area contributed by atoms with Crippen molar-refractivity contribution in [1.29, 1.82) is 0 Å². The monoisotopic (exact) mass is 541 g/mol. The van der Waals surface area contributed by atoms with E-state index in [4.69, 9.17) is 0 Å². The van der Waals surface area contributed by atoms with E-state index < -0.39 is 9.84 Å². The van der Waals surface area contributed by atoms with Gasteiger partial charge in [-0.1, -0.05) is 13.8 Å². The van der Waals surface area contributed by atoms with E-state index in [1.165, 1.54) is 12.3 Å². The molecule has 2 heterocycles. The summed E-state index contributed by atoms with van der Waals surface area (Å²) in [6, 6.07) is 3.15.